The number of fused-ring (bicyclic) bond motifs is 1. The van der Waals surface area contributed by atoms with Crippen LogP contribution in [0.2, 0.25) is 0 Å². The van der Waals surface area contributed by atoms with Gasteiger partial charge >= 0.3 is 0 Å². The van der Waals surface area contributed by atoms with Crippen LogP contribution in [0.15, 0.2) is 18.2 Å². The highest BCUT2D eigenvalue weighted by Gasteiger charge is 2.67. The van der Waals surface area contributed by atoms with Crippen LogP contribution in [0.25, 0.3) is 0 Å². The molecule has 4 heteroatoms. The van der Waals surface area contributed by atoms with Gasteiger partial charge in [0, 0.05) is 6.04 Å². The van der Waals surface area contributed by atoms with Crippen molar-refractivity contribution in [1.82, 2.24) is 5.32 Å². The van der Waals surface area contributed by atoms with Crippen molar-refractivity contribution in [2.75, 3.05) is 19.0 Å². The number of benzene rings is 1. The normalized spacial score (nSPS) is 23.8. The number of amides is 1. The maximum absolute atomic E-state index is 11.5. The zero-order chi connectivity index (χ0) is 15.4. The lowest BCUT2D eigenvalue weighted by atomic mass is 9.96. The summed E-state index contributed by atoms with van der Waals surface area (Å²) in [6.07, 6.45) is 0. The number of anilines is 1. The predicted molar refractivity (Wildman–Crippen MR) is 83.4 cm³/mol. The third kappa shape index (κ3) is 2.04. The zero-order valence-corrected chi connectivity index (χ0v) is 13.4. The van der Waals surface area contributed by atoms with Crippen LogP contribution in [0.5, 0.6) is 5.75 Å². The topological polar surface area (TPSA) is 50.4 Å². The molecule has 0 spiro atoms. The lowest BCUT2D eigenvalue weighted by Crippen LogP contribution is -2.26. The SMILES string of the molecule is CNC(c1ccc2c(c1)NC(=O)CO2)C1C(C)(C)C1(C)C. The summed E-state index contributed by atoms with van der Waals surface area (Å²) in [5.41, 5.74) is 2.58. The minimum absolute atomic E-state index is 0.0901. The van der Waals surface area contributed by atoms with Gasteiger partial charge in [0.15, 0.2) is 6.61 Å². The van der Waals surface area contributed by atoms with Crippen LogP contribution in [0.4, 0.5) is 5.69 Å². The van der Waals surface area contributed by atoms with Crippen molar-refractivity contribution in [2.24, 2.45) is 16.7 Å². The molecule has 114 valence electrons. The van der Waals surface area contributed by atoms with Crippen LogP contribution in [-0.4, -0.2) is 19.6 Å². The second kappa shape index (κ2) is 4.47. The Hall–Kier alpha value is -1.55. The Morgan fingerprint density at radius 3 is 2.52 bits per heavy atom. The first kappa shape index (κ1) is 14.4. The van der Waals surface area contributed by atoms with E-state index in [1.54, 1.807) is 0 Å². The minimum atomic E-state index is -0.0901. The Balaban J connectivity index is 1.93. The highest BCUT2D eigenvalue weighted by atomic mass is 16.5. The van der Waals surface area contributed by atoms with E-state index in [2.05, 4.69) is 44.4 Å². The summed E-state index contributed by atoms with van der Waals surface area (Å²) in [5, 5.41) is 6.34. The Bertz CT molecular complexity index is 578. The van der Waals surface area contributed by atoms with Gasteiger partial charge in [-0.1, -0.05) is 33.8 Å². The summed E-state index contributed by atoms with van der Waals surface area (Å²) in [5.74, 6) is 1.23. The molecular formula is C17H24N2O2. The van der Waals surface area contributed by atoms with Gasteiger partial charge in [0.2, 0.25) is 0 Å². The van der Waals surface area contributed by atoms with E-state index in [-0.39, 0.29) is 18.6 Å². The van der Waals surface area contributed by atoms with Crippen LogP contribution < -0.4 is 15.4 Å². The molecule has 1 saturated carbocycles. The number of ether oxygens (including phenoxy) is 1. The first-order valence-corrected chi connectivity index (χ1v) is 7.53. The van der Waals surface area contributed by atoms with Crippen molar-refractivity contribution >= 4 is 11.6 Å². The lowest BCUT2D eigenvalue weighted by molar-refractivity contribution is -0.118. The maximum atomic E-state index is 11.5. The zero-order valence-electron chi connectivity index (χ0n) is 13.4. The van der Waals surface area contributed by atoms with Crippen molar-refractivity contribution < 1.29 is 9.53 Å². The molecule has 1 aliphatic heterocycles. The molecule has 3 rings (SSSR count). The molecule has 4 nitrogen and oxygen atoms in total. The molecule has 21 heavy (non-hydrogen) atoms. The smallest absolute Gasteiger partial charge is 0.262 e. The van der Waals surface area contributed by atoms with Gasteiger partial charge < -0.3 is 15.4 Å². The fraction of sp³-hybridized carbons (Fsp3) is 0.588. The van der Waals surface area contributed by atoms with Crippen molar-refractivity contribution in [1.29, 1.82) is 0 Å². The highest BCUT2D eigenvalue weighted by molar-refractivity contribution is 5.95. The van der Waals surface area contributed by atoms with Gasteiger partial charge in [0.05, 0.1) is 5.69 Å². The molecule has 0 bridgehead atoms. The quantitative estimate of drug-likeness (QED) is 0.899. The first-order valence-electron chi connectivity index (χ1n) is 7.53. The fourth-order valence-electron chi connectivity index (χ4n) is 3.90. The predicted octanol–water partition coefficient (Wildman–Crippen LogP) is 2.96. The van der Waals surface area contributed by atoms with Gasteiger partial charge in [-0.15, -0.1) is 0 Å². The van der Waals surface area contributed by atoms with Gasteiger partial charge in [-0.2, -0.15) is 0 Å². The third-order valence-electron chi connectivity index (χ3n) is 5.77. The van der Waals surface area contributed by atoms with Crippen molar-refractivity contribution in [3.8, 4) is 5.75 Å². The van der Waals surface area contributed by atoms with Crippen molar-refractivity contribution in [2.45, 2.75) is 33.7 Å². The van der Waals surface area contributed by atoms with Crippen LogP contribution in [0.1, 0.15) is 39.3 Å². The number of nitrogens with one attached hydrogen (secondary N) is 2. The standard InChI is InChI=1S/C17H24N2O2/c1-16(2)15(17(16,3)4)14(18-5)10-6-7-12-11(8-10)19-13(20)9-21-12/h6-8,14-15,18H,9H2,1-5H3,(H,19,20). The molecule has 0 aromatic heterocycles. The molecule has 1 aromatic carbocycles. The van der Waals surface area contributed by atoms with Crippen LogP contribution >= 0.6 is 0 Å². The van der Waals surface area contributed by atoms with E-state index in [4.69, 9.17) is 4.74 Å². The molecule has 1 fully saturated rings. The van der Waals surface area contributed by atoms with Gasteiger partial charge in [-0.3, -0.25) is 4.79 Å². The second-order valence-electron chi connectivity index (χ2n) is 7.28. The molecule has 1 aliphatic carbocycles. The number of carbonyl (C=O) groups is 1. The second-order valence-corrected chi connectivity index (χ2v) is 7.28. The molecule has 2 aliphatic rings. The Kier molecular flexibility index (Phi) is 3.06. The number of rotatable bonds is 3. The summed E-state index contributed by atoms with van der Waals surface area (Å²) in [6, 6.07) is 6.37. The lowest BCUT2D eigenvalue weighted by Gasteiger charge is -2.23. The Labute approximate surface area is 126 Å². The van der Waals surface area contributed by atoms with Crippen LogP contribution in [0, 0.1) is 16.7 Å². The van der Waals surface area contributed by atoms with E-state index in [1.165, 1.54) is 5.56 Å². The average molecular weight is 288 g/mol. The minimum Gasteiger partial charge on any atom is -0.482 e. The third-order valence-corrected chi connectivity index (χ3v) is 5.77. The summed E-state index contributed by atoms with van der Waals surface area (Å²) >= 11 is 0. The van der Waals surface area contributed by atoms with E-state index in [0.29, 0.717) is 16.7 Å². The van der Waals surface area contributed by atoms with Crippen LogP contribution in [-0.2, 0) is 4.79 Å². The number of hydrogen-bond acceptors (Lipinski definition) is 3. The number of carbonyl (C=O) groups excluding carboxylic acids is 1. The molecule has 0 saturated heterocycles. The molecule has 1 aromatic rings. The molecule has 1 heterocycles. The first-order chi connectivity index (χ1) is 9.79. The van der Waals surface area contributed by atoms with E-state index in [9.17, 15) is 4.79 Å². The summed E-state index contributed by atoms with van der Waals surface area (Å²) < 4.78 is 5.43. The summed E-state index contributed by atoms with van der Waals surface area (Å²) in [4.78, 5) is 11.5. The summed E-state index contributed by atoms with van der Waals surface area (Å²) in [7, 11) is 2.00. The molecule has 1 atom stereocenters. The van der Waals surface area contributed by atoms with E-state index in [1.807, 2.05) is 19.2 Å². The highest BCUT2D eigenvalue weighted by Crippen LogP contribution is 2.72. The number of hydrogen-bond donors (Lipinski definition) is 2. The summed E-state index contributed by atoms with van der Waals surface area (Å²) in [6.45, 7) is 9.40. The van der Waals surface area contributed by atoms with Gasteiger partial charge in [-0.05, 0) is 41.5 Å². The van der Waals surface area contributed by atoms with Gasteiger partial charge in [0.25, 0.3) is 5.91 Å². The van der Waals surface area contributed by atoms with Gasteiger partial charge in [-0.25, -0.2) is 0 Å². The van der Waals surface area contributed by atoms with Gasteiger partial charge in [0.1, 0.15) is 5.75 Å². The monoisotopic (exact) mass is 288 g/mol. The Morgan fingerprint density at radius 2 is 1.95 bits per heavy atom. The van der Waals surface area contributed by atoms with E-state index >= 15 is 0 Å². The van der Waals surface area contributed by atoms with Crippen LogP contribution in [0.3, 0.4) is 0 Å². The van der Waals surface area contributed by atoms with E-state index < -0.39 is 0 Å². The Morgan fingerprint density at radius 1 is 1.29 bits per heavy atom. The fourth-order valence-corrected chi connectivity index (χ4v) is 3.90. The molecule has 1 amide bonds. The maximum Gasteiger partial charge on any atom is 0.262 e. The average Bonchev–Trinajstić information content (AvgIpc) is 2.82. The van der Waals surface area contributed by atoms with Crippen molar-refractivity contribution in [3.63, 3.8) is 0 Å². The molecular weight excluding hydrogens is 264 g/mol. The van der Waals surface area contributed by atoms with E-state index in [0.717, 1.165) is 11.4 Å². The van der Waals surface area contributed by atoms with Crippen molar-refractivity contribution in [3.05, 3.63) is 23.8 Å². The molecule has 2 N–H and O–H groups in total. The largest absolute Gasteiger partial charge is 0.482 e. The molecule has 0 radical (unpaired) electrons. The molecule has 1 unspecified atom stereocenters.